The molecule has 0 aromatic rings. The van der Waals surface area contributed by atoms with Crippen molar-refractivity contribution in [2.75, 3.05) is 13.2 Å². The zero-order valence-corrected chi connectivity index (χ0v) is 8.13. The minimum atomic E-state index is -3.49. The Morgan fingerprint density at radius 1 is 1.36 bits per heavy atom. The van der Waals surface area contributed by atoms with Gasteiger partial charge in [-0.05, 0) is 0 Å². The second-order valence-electron chi connectivity index (χ2n) is 2.11. The Bertz CT molecular complexity index is 104. The first-order valence-corrected chi connectivity index (χ1v) is 5.55. The third-order valence-electron chi connectivity index (χ3n) is 1.20. The monoisotopic (exact) mass is 186 g/mol. The molecule has 0 fully saturated rings. The van der Waals surface area contributed by atoms with E-state index in [9.17, 15) is 9.28 Å². The van der Waals surface area contributed by atoms with Crippen molar-refractivity contribution in [2.45, 2.75) is 26.7 Å². The van der Waals surface area contributed by atoms with Gasteiger partial charge in [0.05, 0.1) is 0 Å². The van der Waals surface area contributed by atoms with E-state index >= 15 is 0 Å². The molecule has 0 aliphatic carbocycles. The van der Waals surface area contributed by atoms with Crippen LogP contribution < -0.4 is 0 Å². The maximum atomic E-state index is 12.7. The Hall–Kier alpha value is 0.240. The topological polar surface area (TPSA) is 38.7 Å². The molecule has 0 bridgehead atoms. The van der Waals surface area contributed by atoms with Gasteiger partial charge in [-0.3, -0.25) is 0 Å². The fourth-order valence-electron chi connectivity index (χ4n) is 0.685. The van der Waals surface area contributed by atoms with Gasteiger partial charge in [0.25, 0.3) is 0 Å². The maximum absolute atomic E-state index is 12.7. The summed E-state index contributed by atoms with van der Waals surface area (Å²) in [5.74, 6) is -1.41. The summed E-state index contributed by atoms with van der Waals surface area (Å²) < 4.78 is 22.3. The summed E-state index contributed by atoms with van der Waals surface area (Å²) in [6.07, 6.45) is 0. The Morgan fingerprint density at radius 3 is 1.91 bits per heavy atom. The molecule has 0 radical (unpaired) electrons. The van der Waals surface area contributed by atoms with E-state index in [4.69, 9.17) is 9.05 Å². The van der Waals surface area contributed by atoms with Gasteiger partial charge < -0.3 is 0 Å². The Balaban J connectivity index is 4.01. The summed E-state index contributed by atoms with van der Waals surface area (Å²) in [4.78, 5) is 9.41. The molecule has 1 N–H and O–H groups in total. The van der Waals surface area contributed by atoms with E-state index in [1.807, 2.05) is 0 Å². The quantitative estimate of drug-likeness (QED) is 0.666. The average Bonchev–Trinajstić information content (AvgIpc) is 1.88. The van der Waals surface area contributed by atoms with Crippen LogP contribution in [0.25, 0.3) is 0 Å². The Morgan fingerprint density at radius 2 is 1.73 bits per heavy atom. The fraction of sp³-hybridized carbons (Fsp3) is 1.00. The molecule has 0 rings (SSSR count). The van der Waals surface area contributed by atoms with Gasteiger partial charge in [-0.1, -0.05) is 0 Å². The third-order valence-corrected chi connectivity index (χ3v) is 3.61. The van der Waals surface area contributed by atoms with E-state index in [1.54, 1.807) is 13.8 Å². The molecule has 70 valence electrons. The van der Waals surface area contributed by atoms with Crippen LogP contribution in [0.3, 0.4) is 0 Å². The first-order valence-electron chi connectivity index (χ1n) is 3.71. The van der Waals surface area contributed by atoms with Gasteiger partial charge in [0, 0.05) is 0 Å². The van der Waals surface area contributed by atoms with Crippen LogP contribution in [-0.2, 0) is 9.05 Å². The molecule has 1 unspecified atom stereocenters. The van der Waals surface area contributed by atoms with Crippen molar-refractivity contribution in [3.8, 4) is 0 Å². The molecule has 0 spiro atoms. The molecule has 1 atom stereocenters. The van der Waals surface area contributed by atoms with Crippen molar-refractivity contribution in [1.82, 2.24) is 0 Å². The second kappa shape index (κ2) is 4.99. The number of halogens is 1. The zero-order chi connectivity index (χ0) is 8.91. The van der Waals surface area contributed by atoms with Crippen molar-refractivity contribution in [3.63, 3.8) is 0 Å². The first-order chi connectivity index (χ1) is 5.06. The predicted octanol–water partition coefficient (Wildman–Crippen LogP) is 1.86. The molecule has 11 heavy (non-hydrogen) atoms. The molecule has 0 aromatic heterocycles. The summed E-state index contributed by atoms with van der Waals surface area (Å²) in [5, 5.41) is 0. The van der Waals surface area contributed by atoms with Crippen LogP contribution in [-0.4, -0.2) is 24.0 Å². The van der Waals surface area contributed by atoms with E-state index in [2.05, 4.69) is 0 Å². The zero-order valence-electron chi connectivity index (χ0n) is 7.13. The van der Waals surface area contributed by atoms with Gasteiger partial charge >= 0.3 is 66.2 Å². The third kappa shape index (κ3) is 3.43. The van der Waals surface area contributed by atoms with Crippen molar-refractivity contribution in [3.05, 3.63) is 0 Å². The Labute approximate surface area is 67.1 Å². The number of rotatable bonds is 5. The van der Waals surface area contributed by atoms with Gasteiger partial charge in [-0.15, -0.1) is 0 Å². The Kier molecular flexibility index (Phi) is 5.10. The van der Waals surface area contributed by atoms with E-state index in [0.29, 0.717) is 0 Å². The molecule has 0 saturated carbocycles. The number of hydrogen-bond donors (Lipinski definition) is 1. The predicted molar refractivity (Wildman–Crippen MR) is 44.4 cm³/mol. The van der Waals surface area contributed by atoms with Crippen LogP contribution >= 0.6 is 7.94 Å². The summed E-state index contributed by atoms with van der Waals surface area (Å²) in [7, 11) is -3.49. The van der Waals surface area contributed by atoms with Crippen molar-refractivity contribution < 1.29 is 18.3 Å². The van der Waals surface area contributed by atoms with Gasteiger partial charge in [0.1, 0.15) is 0 Å². The molecule has 3 nitrogen and oxygen atoms in total. The molecular weight excluding hydrogens is 170 g/mol. The van der Waals surface area contributed by atoms with Crippen LogP contribution in [0.4, 0.5) is 4.39 Å². The SMILES string of the molecule is CCO[PH](O)(OCC)C(C)F. The molecule has 0 heterocycles. The molecule has 0 aliphatic heterocycles. The van der Waals surface area contributed by atoms with E-state index in [-0.39, 0.29) is 13.2 Å². The molecule has 0 amide bonds. The summed E-state index contributed by atoms with van der Waals surface area (Å²) in [6.45, 7) is 5.18. The summed E-state index contributed by atoms with van der Waals surface area (Å²) in [6, 6.07) is 0. The van der Waals surface area contributed by atoms with E-state index < -0.39 is 13.9 Å². The van der Waals surface area contributed by atoms with E-state index in [0.717, 1.165) is 0 Å². The summed E-state index contributed by atoms with van der Waals surface area (Å²) in [5.41, 5.74) is 0. The normalized spacial score (nSPS) is 16.5. The number of hydrogen-bond acceptors (Lipinski definition) is 3. The standard InChI is InChI=1S/C6H16FO3P/c1-4-9-11(8,6(3)7)10-5-2/h6,8,11H,4-5H2,1-3H3. The van der Waals surface area contributed by atoms with E-state index in [1.165, 1.54) is 6.92 Å². The summed E-state index contributed by atoms with van der Waals surface area (Å²) >= 11 is 0. The molecule has 5 heteroatoms. The van der Waals surface area contributed by atoms with Crippen LogP contribution in [0, 0.1) is 0 Å². The molecule has 0 aliphatic rings. The average molecular weight is 186 g/mol. The van der Waals surface area contributed by atoms with Crippen LogP contribution in [0.5, 0.6) is 0 Å². The fourth-order valence-corrected chi connectivity index (χ4v) is 2.05. The van der Waals surface area contributed by atoms with Crippen LogP contribution in [0.15, 0.2) is 0 Å². The molecule has 0 saturated heterocycles. The van der Waals surface area contributed by atoms with Crippen molar-refractivity contribution in [2.24, 2.45) is 0 Å². The van der Waals surface area contributed by atoms with Gasteiger partial charge in [0.15, 0.2) is 0 Å². The number of alkyl halides is 1. The van der Waals surface area contributed by atoms with Gasteiger partial charge in [-0.2, -0.15) is 0 Å². The van der Waals surface area contributed by atoms with Crippen LogP contribution in [0.1, 0.15) is 20.8 Å². The van der Waals surface area contributed by atoms with Gasteiger partial charge in [0.2, 0.25) is 0 Å². The van der Waals surface area contributed by atoms with Crippen molar-refractivity contribution >= 4 is 7.94 Å². The van der Waals surface area contributed by atoms with Gasteiger partial charge in [-0.25, -0.2) is 0 Å². The second-order valence-corrected chi connectivity index (χ2v) is 4.75. The molecular formula is C6H16FO3P. The van der Waals surface area contributed by atoms with Crippen LogP contribution in [0.2, 0.25) is 0 Å². The first kappa shape index (κ1) is 11.2. The minimum absolute atomic E-state index is 0.275. The molecule has 0 aromatic carbocycles. The van der Waals surface area contributed by atoms with Crippen molar-refractivity contribution in [1.29, 1.82) is 0 Å².